The standard InChI is InChI=1S/C14H24O2/c15-13-11-9-7-5-3-1-2-4-6-8-10-12-14-16/h1-2,13-14H,3-12H2/b2-1+. The summed E-state index contributed by atoms with van der Waals surface area (Å²) in [7, 11) is 0. The van der Waals surface area contributed by atoms with E-state index in [1.165, 1.54) is 12.8 Å². The zero-order valence-electron chi connectivity index (χ0n) is 10.2. The molecular weight excluding hydrogens is 200 g/mol. The minimum Gasteiger partial charge on any atom is -0.303 e. The molecule has 2 heteroatoms. The van der Waals surface area contributed by atoms with E-state index in [1.807, 2.05) is 0 Å². The lowest BCUT2D eigenvalue weighted by Crippen LogP contribution is -1.79. The van der Waals surface area contributed by atoms with Gasteiger partial charge in [0.1, 0.15) is 12.6 Å². The molecule has 0 unspecified atom stereocenters. The van der Waals surface area contributed by atoms with E-state index in [-0.39, 0.29) is 0 Å². The molecule has 0 aliphatic rings. The molecule has 92 valence electrons. The number of carbonyl (C=O) groups excluding carboxylic acids is 2. The van der Waals surface area contributed by atoms with Crippen molar-refractivity contribution < 1.29 is 9.59 Å². The molecule has 0 rings (SSSR count). The van der Waals surface area contributed by atoms with E-state index in [9.17, 15) is 9.59 Å². The molecule has 2 nitrogen and oxygen atoms in total. The summed E-state index contributed by atoms with van der Waals surface area (Å²) in [6, 6.07) is 0. The van der Waals surface area contributed by atoms with Crippen LogP contribution < -0.4 is 0 Å². The smallest absolute Gasteiger partial charge is 0.119 e. The Bertz CT molecular complexity index is 165. The Morgan fingerprint density at radius 2 is 0.875 bits per heavy atom. The SMILES string of the molecule is O=CCCCCC/C=C/CCCCCC=O. The predicted octanol–water partition coefficient (Wildman–Crippen LogP) is 3.84. The zero-order chi connectivity index (χ0) is 11.9. The molecule has 0 bridgehead atoms. The van der Waals surface area contributed by atoms with Crippen LogP contribution in [0.1, 0.15) is 64.2 Å². The molecule has 0 fully saturated rings. The van der Waals surface area contributed by atoms with Crippen LogP contribution in [0.3, 0.4) is 0 Å². The van der Waals surface area contributed by atoms with Crippen LogP contribution in [0.2, 0.25) is 0 Å². The van der Waals surface area contributed by atoms with E-state index in [2.05, 4.69) is 12.2 Å². The van der Waals surface area contributed by atoms with Gasteiger partial charge in [-0.25, -0.2) is 0 Å². The summed E-state index contributed by atoms with van der Waals surface area (Å²) in [4.78, 5) is 20.1. The van der Waals surface area contributed by atoms with Crippen molar-refractivity contribution in [2.75, 3.05) is 0 Å². The van der Waals surface area contributed by atoms with Crippen molar-refractivity contribution in [3.05, 3.63) is 12.2 Å². The molecule has 0 amide bonds. The fourth-order valence-corrected chi connectivity index (χ4v) is 1.57. The minimum absolute atomic E-state index is 0.709. The van der Waals surface area contributed by atoms with Gasteiger partial charge in [-0.15, -0.1) is 0 Å². The highest BCUT2D eigenvalue weighted by Crippen LogP contribution is 2.05. The van der Waals surface area contributed by atoms with E-state index in [1.54, 1.807) is 0 Å². The Morgan fingerprint density at radius 3 is 1.25 bits per heavy atom. The van der Waals surface area contributed by atoms with Crippen LogP contribution >= 0.6 is 0 Å². The molecule has 0 atom stereocenters. The van der Waals surface area contributed by atoms with Gasteiger partial charge in [0.2, 0.25) is 0 Å². The minimum atomic E-state index is 0.709. The van der Waals surface area contributed by atoms with Gasteiger partial charge in [-0.3, -0.25) is 0 Å². The summed E-state index contributed by atoms with van der Waals surface area (Å²) in [5, 5.41) is 0. The quantitative estimate of drug-likeness (QED) is 0.287. The molecule has 0 aromatic heterocycles. The molecule has 0 radical (unpaired) electrons. The van der Waals surface area contributed by atoms with Crippen LogP contribution in [0, 0.1) is 0 Å². The van der Waals surface area contributed by atoms with Crippen molar-refractivity contribution >= 4 is 12.6 Å². The number of carbonyl (C=O) groups is 2. The highest BCUT2D eigenvalue weighted by molar-refractivity contribution is 5.49. The van der Waals surface area contributed by atoms with Crippen molar-refractivity contribution in [1.29, 1.82) is 0 Å². The Morgan fingerprint density at radius 1 is 0.500 bits per heavy atom. The van der Waals surface area contributed by atoms with Gasteiger partial charge < -0.3 is 9.59 Å². The van der Waals surface area contributed by atoms with Crippen molar-refractivity contribution in [3.63, 3.8) is 0 Å². The molecule has 0 spiro atoms. The van der Waals surface area contributed by atoms with Crippen molar-refractivity contribution in [3.8, 4) is 0 Å². The van der Waals surface area contributed by atoms with Crippen molar-refractivity contribution in [2.45, 2.75) is 64.2 Å². The average molecular weight is 224 g/mol. The van der Waals surface area contributed by atoms with Crippen molar-refractivity contribution in [2.24, 2.45) is 0 Å². The van der Waals surface area contributed by atoms with Gasteiger partial charge in [-0.2, -0.15) is 0 Å². The van der Waals surface area contributed by atoms with Gasteiger partial charge in [0, 0.05) is 12.8 Å². The van der Waals surface area contributed by atoms with Gasteiger partial charge in [-0.05, 0) is 38.5 Å². The highest BCUT2D eigenvalue weighted by atomic mass is 16.1. The summed E-state index contributed by atoms with van der Waals surface area (Å²) in [5.41, 5.74) is 0. The second kappa shape index (κ2) is 14.1. The van der Waals surface area contributed by atoms with Gasteiger partial charge >= 0.3 is 0 Å². The average Bonchev–Trinajstić information content (AvgIpc) is 2.31. The zero-order valence-corrected chi connectivity index (χ0v) is 10.2. The maximum absolute atomic E-state index is 10.1. The lowest BCUT2D eigenvalue weighted by atomic mass is 10.1. The Balaban J connectivity index is 3.03. The van der Waals surface area contributed by atoms with Crippen LogP contribution in [0.4, 0.5) is 0 Å². The summed E-state index contributed by atoms with van der Waals surface area (Å²) in [6.07, 6.45) is 16.9. The summed E-state index contributed by atoms with van der Waals surface area (Å²) in [6.45, 7) is 0. The second-order valence-electron chi connectivity index (χ2n) is 4.08. The second-order valence-corrected chi connectivity index (χ2v) is 4.08. The number of rotatable bonds is 12. The fraction of sp³-hybridized carbons (Fsp3) is 0.714. The van der Waals surface area contributed by atoms with E-state index in [0.29, 0.717) is 12.8 Å². The molecule has 0 N–H and O–H groups in total. The first-order valence-electron chi connectivity index (χ1n) is 6.44. The summed E-state index contributed by atoms with van der Waals surface area (Å²) in [5.74, 6) is 0. The van der Waals surface area contributed by atoms with E-state index < -0.39 is 0 Å². The van der Waals surface area contributed by atoms with E-state index >= 15 is 0 Å². The molecule has 0 heterocycles. The third-order valence-corrected chi connectivity index (χ3v) is 2.55. The maximum atomic E-state index is 10.1. The van der Waals surface area contributed by atoms with Crippen LogP contribution in [0.15, 0.2) is 12.2 Å². The van der Waals surface area contributed by atoms with E-state index in [4.69, 9.17) is 0 Å². The third kappa shape index (κ3) is 13.1. The molecule has 0 aromatic carbocycles. The number of allylic oxidation sites excluding steroid dienone is 2. The fourth-order valence-electron chi connectivity index (χ4n) is 1.57. The number of hydrogen-bond acceptors (Lipinski definition) is 2. The number of aldehydes is 2. The molecule has 0 aromatic rings. The first kappa shape index (κ1) is 15.1. The van der Waals surface area contributed by atoms with Crippen LogP contribution in [0.25, 0.3) is 0 Å². The third-order valence-electron chi connectivity index (χ3n) is 2.55. The molecule has 0 saturated heterocycles. The molecule has 16 heavy (non-hydrogen) atoms. The lowest BCUT2D eigenvalue weighted by molar-refractivity contribution is -0.108. The van der Waals surface area contributed by atoms with Crippen molar-refractivity contribution in [1.82, 2.24) is 0 Å². The predicted molar refractivity (Wildman–Crippen MR) is 67.4 cm³/mol. The first-order chi connectivity index (χ1) is 7.91. The largest absolute Gasteiger partial charge is 0.303 e. The summed E-state index contributed by atoms with van der Waals surface area (Å²) < 4.78 is 0. The van der Waals surface area contributed by atoms with Crippen LogP contribution in [0.5, 0.6) is 0 Å². The van der Waals surface area contributed by atoms with Gasteiger partial charge in [0.05, 0.1) is 0 Å². The number of unbranched alkanes of at least 4 members (excludes halogenated alkanes) is 8. The first-order valence-corrected chi connectivity index (χ1v) is 6.44. The lowest BCUT2D eigenvalue weighted by Gasteiger charge is -1.95. The highest BCUT2D eigenvalue weighted by Gasteiger charge is 1.88. The number of hydrogen-bond donors (Lipinski definition) is 0. The topological polar surface area (TPSA) is 34.1 Å². The Kier molecular flexibility index (Phi) is 13.3. The van der Waals surface area contributed by atoms with Gasteiger partial charge in [-0.1, -0.05) is 25.0 Å². The molecule has 0 aliphatic heterocycles. The summed E-state index contributed by atoms with van der Waals surface area (Å²) >= 11 is 0. The molecular formula is C14H24O2. The Labute approximate surface area is 99.1 Å². The van der Waals surface area contributed by atoms with Gasteiger partial charge in [0.25, 0.3) is 0 Å². The molecule has 0 saturated carbocycles. The van der Waals surface area contributed by atoms with Crippen LogP contribution in [-0.2, 0) is 9.59 Å². The maximum Gasteiger partial charge on any atom is 0.119 e. The Hall–Kier alpha value is -0.920. The normalized spacial score (nSPS) is 10.8. The van der Waals surface area contributed by atoms with E-state index in [0.717, 1.165) is 51.1 Å². The van der Waals surface area contributed by atoms with Gasteiger partial charge in [0.15, 0.2) is 0 Å². The monoisotopic (exact) mass is 224 g/mol. The van der Waals surface area contributed by atoms with Crippen LogP contribution in [-0.4, -0.2) is 12.6 Å². The molecule has 0 aliphatic carbocycles.